The monoisotopic (exact) mass is 996 g/mol. The van der Waals surface area contributed by atoms with Gasteiger partial charge in [0.1, 0.15) is 0 Å². The Morgan fingerprint density at radius 2 is 0.361 bits per heavy atom. The Labute approximate surface area is 411 Å². The second-order valence-corrected chi connectivity index (χ2v) is 17.7. The molecule has 1 aliphatic rings. The van der Waals surface area contributed by atoms with Crippen molar-refractivity contribution in [1.29, 1.82) is 0 Å². The van der Waals surface area contributed by atoms with Gasteiger partial charge in [-0.25, -0.2) is 0 Å². The molecule has 0 aromatic carbocycles. The van der Waals surface area contributed by atoms with Crippen LogP contribution in [-0.2, 0) is 39.3 Å². The molecule has 0 unspecified atom stereocenters. The molecule has 0 radical (unpaired) electrons. The fourth-order valence-corrected chi connectivity index (χ4v) is 8.55. The van der Waals surface area contributed by atoms with Crippen LogP contribution in [0.4, 0.5) is 0 Å². The molecule has 0 bridgehead atoms. The van der Waals surface area contributed by atoms with Gasteiger partial charge >= 0.3 is 0 Å². The zero-order valence-corrected chi connectivity index (χ0v) is 39.6. The van der Waals surface area contributed by atoms with Gasteiger partial charge in [-0.1, -0.05) is 36.4 Å². The van der Waals surface area contributed by atoms with E-state index < -0.39 is 33.4 Å². The van der Waals surface area contributed by atoms with Gasteiger partial charge in [0.15, 0.2) is 0 Å². The highest BCUT2D eigenvalue weighted by molar-refractivity contribution is 5.10. The van der Waals surface area contributed by atoms with E-state index in [2.05, 4.69) is 0 Å². The quantitative estimate of drug-likeness (QED) is 0.0837. The molecule has 7 heterocycles. The molecule has 384 valence electrons. The molecule has 0 saturated carbocycles. The Balaban J connectivity index is 1.29. The van der Waals surface area contributed by atoms with Crippen LogP contribution in [0.3, 0.4) is 0 Å². The van der Waals surface area contributed by atoms with Crippen molar-refractivity contribution >= 4 is 0 Å². The number of hydrogen-bond donors (Lipinski definition) is 6. The van der Waals surface area contributed by atoms with E-state index in [1.165, 1.54) is 36.4 Å². The minimum atomic E-state index is -0.626. The Bertz CT molecular complexity index is 2590. The summed E-state index contributed by atoms with van der Waals surface area (Å²) >= 11 is 0. The maximum absolute atomic E-state index is 12.6. The van der Waals surface area contributed by atoms with Gasteiger partial charge in [0.05, 0.1) is 34.2 Å². The highest BCUT2D eigenvalue weighted by Crippen LogP contribution is 2.13. The van der Waals surface area contributed by atoms with Crippen LogP contribution >= 0.6 is 0 Å². The lowest BCUT2D eigenvalue weighted by atomic mass is 10.2. The smallest absolute Gasteiger partial charge is 0.283 e. The molecule has 6 aromatic heterocycles. The van der Waals surface area contributed by atoms with Gasteiger partial charge in [0.2, 0.25) is 0 Å². The van der Waals surface area contributed by atoms with Gasteiger partial charge in [-0.05, 0) is 36.4 Å². The van der Waals surface area contributed by atoms with E-state index in [9.17, 15) is 60.0 Å². The predicted octanol–water partition coefficient (Wildman–Crippen LogP) is -0.593. The number of nitrogens with zero attached hydrogens (tertiary/aromatic N) is 12. The van der Waals surface area contributed by atoms with Crippen molar-refractivity contribution < 1.29 is 31.2 Å². The second-order valence-electron chi connectivity index (χ2n) is 17.7. The first-order chi connectivity index (χ1) is 34.6. The van der Waals surface area contributed by atoms with E-state index >= 15 is 0 Å². The lowest BCUT2D eigenvalue weighted by molar-refractivity contribution is 0.0938. The number of rotatable bonds is 12. The molecule has 1 aliphatic heterocycles. The number of pyridine rings is 6. The Hall–Kier alpha value is -7.74. The summed E-state index contributed by atoms with van der Waals surface area (Å²) in [6.45, 7) is 4.33. The fourth-order valence-electron chi connectivity index (χ4n) is 8.55. The molecule has 24 heteroatoms. The Morgan fingerprint density at radius 1 is 0.236 bits per heavy atom. The van der Waals surface area contributed by atoms with Crippen molar-refractivity contribution in [2.45, 2.75) is 39.3 Å². The molecule has 0 aliphatic carbocycles. The first-order valence-corrected chi connectivity index (χ1v) is 23.4. The van der Waals surface area contributed by atoms with Crippen molar-refractivity contribution in [2.24, 2.45) is 0 Å². The second kappa shape index (κ2) is 24.4. The molecule has 1 saturated heterocycles. The van der Waals surface area contributed by atoms with Gasteiger partial charge in [-0.2, -0.15) is 28.4 Å². The fraction of sp³-hybridized carbons (Fsp3) is 0.375. The molecule has 24 nitrogen and oxygen atoms in total. The van der Waals surface area contributed by atoms with Crippen LogP contribution in [0.15, 0.2) is 138 Å². The minimum Gasteiger partial charge on any atom is -0.425 e. The maximum atomic E-state index is 12.6. The Kier molecular flexibility index (Phi) is 17.6. The maximum Gasteiger partial charge on any atom is 0.283 e. The zero-order chi connectivity index (χ0) is 51.3. The van der Waals surface area contributed by atoms with Crippen molar-refractivity contribution in [1.82, 2.24) is 57.8 Å². The molecule has 0 atom stereocenters. The first-order valence-electron chi connectivity index (χ1n) is 23.4. The lowest BCUT2D eigenvalue weighted by Crippen LogP contribution is -2.46. The van der Waals surface area contributed by atoms with Crippen molar-refractivity contribution in [2.75, 3.05) is 78.5 Å². The SMILES string of the molecule is O=c1cccc(CN2CCN(Cc3cccc(=O)n3O)CCN(Cc3cccc(=O)n3O)CCN(Cc3cccc(=O)n3O)CCN(Cc3cccc(=O)n3O)CCN(Cc3cccc(=O)n3O)CC2)n1O. The van der Waals surface area contributed by atoms with E-state index in [1.807, 2.05) is 29.4 Å². The third kappa shape index (κ3) is 13.8. The van der Waals surface area contributed by atoms with Gasteiger partial charge in [-0.3, -0.25) is 58.2 Å². The largest absolute Gasteiger partial charge is 0.425 e. The topological polar surface area (TPSA) is 273 Å². The van der Waals surface area contributed by atoms with Crippen LogP contribution in [0.1, 0.15) is 34.2 Å². The number of aromatic nitrogens is 6. The summed E-state index contributed by atoms with van der Waals surface area (Å²) in [6, 6.07) is 26.4. The Morgan fingerprint density at radius 3 is 0.486 bits per heavy atom. The van der Waals surface area contributed by atoms with E-state index in [1.54, 1.807) is 72.8 Å². The number of hydrogen-bond acceptors (Lipinski definition) is 18. The van der Waals surface area contributed by atoms with Crippen molar-refractivity contribution in [3.63, 3.8) is 0 Å². The molecule has 7 rings (SSSR count). The summed E-state index contributed by atoms with van der Waals surface area (Å²) in [5, 5.41) is 65.0. The highest BCUT2D eigenvalue weighted by Gasteiger charge is 2.22. The summed E-state index contributed by atoms with van der Waals surface area (Å²) in [4.78, 5) is 87.8. The third-order valence-electron chi connectivity index (χ3n) is 12.8. The van der Waals surface area contributed by atoms with E-state index in [-0.39, 0.29) is 39.3 Å². The standard InChI is InChI=1S/C48H60N12O12/c61-43-13-1-7-37(55(43)67)31-49-19-21-50(32-38-8-2-14-44(62)56(38)68)23-25-52(34-40-10-4-16-46(64)58(40)70)27-29-54(36-42-12-6-18-48(66)60(42)72)30-28-53(35-41-11-5-17-47(65)59(41)71)26-24-51(22-20-49)33-39-9-3-15-45(63)57(39)69/h1-18,67-72H,19-36H2. The first kappa shape index (κ1) is 52.1. The van der Waals surface area contributed by atoms with Crippen molar-refractivity contribution in [3.05, 3.63) is 205 Å². The van der Waals surface area contributed by atoms with Crippen LogP contribution in [0.5, 0.6) is 0 Å². The third-order valence-corrected chi connectivity index (χ3v) is 12.8. The molecular weight excluding hydrogens is 937 g/mol. The van der Waals surface area contributed by atoms with E-state index in [0.717, 1.165) is 0 Å². The van der Waals surface area contributed by atoms with Gasteiger partial charge in [0, 0.05) is 154 Å². The molecule has 1 fully saturated rings. The lowest BCUT2D eigenvalue weighted by Gasteiger charge is -2.34. The average Bonchev–Trinajstić information content (AvgIpc) is 3.36. The summed E-state index contributed by atoms with van der Waals surface area (Å²) in [7, 11) is 0. The van der Waals surface area contributed by atoms with Gasteiger partial charge in [0.25, 0.3) is 33.4 Å². The van der Waals surface area contributed by atoms with Crippen LogP contribution in [0, 0.1) is 0 Å². The van der Waals surface area contributed by atoms with Gasteiger partial charge < -0.3 is 31.2 Å². The van der Waals surface area contributed by atoms with E-state index in [4.69, 9.17) is 0 Å². The van der Waals surface area contributed by atoms with Crippen LogP contribution in [-0.4, -0.2) is 168 Å². The van der Waals surface area contributed by atoms with E-state index in [0.29, 0.717) is 141 Å². The van der Waals surface area contributed by atoms with Crippen LogP contribution < -0.4 is 33.4 Å². The summed E-state index contributed by atoms with van der Waals surface area (Å²) in [5.41, 5.74) is -1.96. The summed E-state index contributed by atoms with van der Waals surface area (Å²) in [6.07, 6.45) is 0. The average molecular weight is 997 g/mol. The van der Waals surface area contributed by atoms with Crippen molar-refractivity contribution in [3.8, 4) is 0 Å². The van der Waals surface area contributed by atoms with Gasteiger partial charge in [-0.15, -0.1) is 0 Å². The predicted molar refractivity (Wildman–Crippen MR) is 259 cm³/mol. The molecule has 72 heavy (non-hydrogen) atoms. The summed E-state index contributed by atoms with van der Waals surface area (Å²) < 4.78 is 3.47. The molecule has 0 amide bonds. The van der Waals surface area contributed by atoms with Crippen LogP contribution in [0.2, 0.25) is 0 Å². The molecule has 6 aromatic rings. The zero-order valence-electron chi connectivity index (χ0n) is 39.6. The highest BCUT2D eigenvalue weighted by atomic mass is 16.5. The minimum absolute atomic E-state index is 0.0988. The molecular formula is C48H60N12O12. The molecule has 0 spiro atoms. The molecule has 6 N–H and O–H groups in total. The van der Waals surface area contributed by atoms with Crippen LogP contribution in [0.25, 0.3) is 0 Å². The normalized spacial score (nSPS) is 16.3. The summed E-state index contributed by atoms with van der Waals surface area (Å²) in [5.74, 6) is 0.